The van der Waals surface area contributed by atoms with Crippen molar-refractivity contribution in [3.05, 3.63) is 70.0 Å². The predicted octanol–water partition coefficient (Wildman–Crippen LogP) is 2.33. The lowest BCUT2D eigenvalue weighted by atomic mass is 10.1. The minimum atomic E-state index is -0.720. The van der Waals surface area contributed by atoms with Crippen LogP contribution in [0.5, 0.6) is 0 Å². The number of amides is 1. The molecule has 0 fully saturated rings. The number of nitrogens with two attached hydrogens (primary N) is 1. The van der Waals surface area contributed by atoms with Gasteiger partial charge in [-0.05, 0) is 35.2 Å². The summed E-state index contributed by atoms with van der Waals surface area (Å²) in [6.45, 7) is 0. The van der Waals surface area contributed by atoms with Crippen molar-refractivity contribution in [1.29, 1.82) is 0 Å². The number of ketones is 1. The first-order valence-corrected chi connectivity index (χ1v) is 7.94. The van der Waals surface area contributed by atoms with Crippen molar-refractivity contribution < 1.29 is 14.0 Å². The van der Waals surface area contributed by atoms with Crippen LogP contribution in [0, 0.1) is 5.82 Å². The molecule has 3 rings (SSSR count). The molecular formula is C18H16ClFN2O2. The van der Waals surface area contributed by atoms with E-state index in [1.54, 1.807) is 0 Å². The maximum atomic E-state index is 13.4. The molecule has 1 aliphatic rings. The summed E-state index contributed by atoms with van der Waals surface area (Å²) >= 11 is 5.60. The minimum absolute atomic E-state index is 0.0239. The van der Waals surface area contributed by atoms with Crippen LogP contribution in [0.3, 0.4) is 0 Å². The van der Waals surface area contributed by atoms with Crippen molar-refractivity contribution in [3.63, 3.8) is 0 Å². The van der Waals surface area contributed by atoms with Crippen LogP contribution in [0.1, 0.15) is 22.7 Å². The molecule has 1 aliphatic carbocycles. The number of halogens is 2. The number of nitrogens with one attached hydrogen (secondary N) is 1. The van der Waals surface area contributed by atoms with Gasteiger partial charge in [-0.3, -0.25) is 9.59 Å². The first-order chi connectivity index (χ1) is 11.5. The number of hydrogen-bond acceptors (Lipinski definition) is 3. The minimum Gasteiger partial charge on any atom is -0.341 e. The van der Waals surface area contributed by atoms with Gasteiger partial charge in [0.1, 0.15) is 5.82 Å². The molecule has 0 bridgehead atoms. The number of carbonyl (C=O) groups excluding carboxylic acids is 2. The highest BCUT2D eigenvalue weighted by Crippen LogP contribution is 2.30. The number of rotatable bonds is 4. The quantitative estimate of drug-likeness (QED) is 0.835. The summed E-state index contributed by atoms with van der Waals surface area (Å²) in [7, 11) is 0. The van der Waals surface area contributed by atoms with E-state index in [4.69, 9.17) is 17.3 Å². The molecule has 6 heteroatoms. The Morgan fingerprint density at radius 3 is 2.75 bits per heavy atom. The van der Waals surface area contributed by atoms with Gasteiger partial charge in [0.15, 0.2) is 0 Å². The molecule has 4 nitrogen and oxygen atoms in total. The second kappa shape index (κ2) is 6.71. The second-order valence-corrected chi connectivity index (χ2v) is 6.27. The summed E-state index contributed by atoms with van der Waals surface area (Å²) in [5.41, 5.74) is 8.48. The molecule has 1 amide bonds. The summed E-state index contributed by atoms with van der Waals surface area (Å²) < 4.78 is 13.4. The van der Waals surface area contributed by atoms with Crippen molar-refractivity contribution in [2.75, 3.05) is 0 Å². The van der Waals surface area contributed by atoms with Crippen LogP contribution in [0.4, 0.5) is 4.39 Å². The van der Waals surface area contributed by atoms with Crippen molar-refractivity contribution in [3.8, 4) is 0 Å². The third-order valence-corrected chi connectivity index (χ3v) is 4.47. The number of fused-ring (bicyclic) bond motifs is 1. The molecule has 0 saturated heterocycles. The molecule has 0 aliphatic heterocycles. The van der Waals surface area contributed by atoms with Gasteiger partial charge in [-0.2, -0.15) is 0 Å². The fraction of sp³-hybridized carbons (Fsp3) is 0.222. The van der Waals surface area contributed by atoms with Gasteiger partial charge < -0.3 is 11.1 Å². The van der Waals surface area contributed by atoms with Crippen LogP contribution in [-0.4, -0.2) is 17.7 Å². The van der Waals surface area contributed by atoms with Gasteiger partial charge >= 0.3 is 0 Å². The van der Waals surface area contributed by atoms with Gasteiger partial charge in [0.2, 0.25) is 5.78 Å². The molecule has 0 radical (unpaired) electrons. The average molecular weight is 347 g/mol. The fourth-order valence-corrected chi connectivity index (χ4v) is 3.07. The van der Waals surface area contributed by atoms with Crippen molar-refractivity contribution in [2.24, 2.45) is 5.73 Å². The molecule has 2 atom stereocenters. The van der Waals surface area contributed by atoms with E-state index >= 15 is 0 Å². The van der Waals surface area contributed by atoms with Crippen LogP contribution in [-0.2, 0) is 22.4 Å². The summed E-state index contributed by atoms with van der Waals surface area (Å²) in [4.78, 5) is 24.3. The highest BCUT2D eigenvalue weighted by Gasteiger charge is 2.32. The third-order valence-electron chi connectivity index (χ3n) is 4.16. The Morgan fingerprint density at radius 1 is 1.25 bits per heavy atom. The summed E-state index contributed by atoms with van der Waals surface area (Å²) in [6.07, 6.45) is 0.460. The molecule has 124 valence electrons. The van der Waals surface area contributed by atoms with Crippen LogP contribution in [0.2, 0.25) is 5.02 Å². The Bertz CT molecular complexity index is 809. The highest BCUT2D eigenvalue weighted by molar-refractivity contribution is 6.36. The van der Waals surface area contributed by atoms with Crippen LogP contribution in [0.25, 0.3) is 0 Å². The zero-order valence-corrected chi connectivity index (χ0v) is 13.5. The molecular weight excluding hydrogens is 331 g/mol. The van der Waals surface area contributed by atoms with Crippen molar-refractivity contribution >= 4 is 23.3 Å². The molecule has 0 saturated carbocycles. The molecule has 0 spiro atoms. The monoisotopic (exact) mass is 346 g/mol. The van der Waals surface area contributed by atoms with E-state index in [0.717, 1.165) is 17.2 Å². The van der Waals surface area contributed by atoms with E-state index in [1.165, 1.54) is 12.1 Å². The lowest BCUT2D eigenvalue weighted by Crippen LogP contribution is -2.41. The summed E-state index contributed by atoms with van der Waals surface area (Å²) in [5.74, 6) is -1.98. The van der Waals surface area contributed by atoms with Gasteiger partial charge in [0, 0.05) is 12.5 Å². The average Bonchev–Trinajstić information content (AvgIpc) is 2.87. The van der Waals surface area contributed by atoms with Crippen LogP contribution in [0.15, 0.2) is 42.5 Å². The normalized spacial score (nSPS) is 19.0. The maximum Gasteiger partial charge on any atom is 0.288 e. The number of benzene rings is 2. The summed E-state index contributed by atoms with van der Waals surface area (Å²) in [6, 6.07) is 11.0. The van der Waals surface area contributed by atoms with Gasteiger partial charge in [-0.25, -0.2) is 4.39 Å². The Hall–Kier alpha value is -2.24. The van der Waals surface area contributed by atoms with Gasteiger partial charge in [-0.15, -0.1) is 0 Å². The van der Waals surface area contributed by atoms with Gasteiger partial charge in [-0.1, -0.05) is 41.9 Å². The Balaban J connectivity index is 1.68. The Kier molecular flexibility index (Phi) is 4.64. The predicted molar refractivity (Wildman–Crippen MR) is 89.1 cm³/mol. The molecule has 0 unspecified atom stereocenters. The second-order valence-electron chi connectivity index (χ2n) is 5.87. The molecule has 0 aromatic heterocycles. The Morgan fingerprint density at radius 2 is 2.00 bits per heavy atom. The zero-order valence-electron chi connectivity index (χ0n) is 12.8. The lowest BCUT2D eigenvalue weighted by molar-refractivity contribution is -0.138. The van der Waals surface area contributed by atoms with Crippen molar-refractivity contribution in [2.45, 2.75) is 24.9 Å². The number of hydrogen-bond donors (Lipinski definition) is 2. The zero-order chi connectivity index (χ0) is 17.3. The maximum absolute atomic E-state index is 13.4. The molecule has 2 aromatic rings. The van der Waals surface area contributed by atoms with E-state index in [-0.39, 0.29) is 23.5 Å². The van der Waals surface area contributed by atoms with E-state index in [2.05, 4.69) is 5.32 Å². The largest absolute Gasteiger partial charge is 0.341 e. The number of Topliss-reactive ketones (excluding diaryl/α,β-unsaturated/α-hetero) is 1. The highest BCUT2D eigenvalue weighted by atomic mass is 35.5. The first-order valence-electron chi connectivity index (χ1n) is 7.56. The van der Waals surface area contributed by atoms with Crippen molar-refractivity contribution in [1.82, 2.24) is 5.32 Å². The third kappa shape index (κ3) is 3.32. The van der Waals surface area contributed by atoms with E-state index < -0.39 is 17.5 Å². The van der Waals surface area contributed by atoms with E-state index in [9.17, 15) is 14.0 Å². The SMILES string of the molecule is N[C@H]1Cc2ccccc2[C@@H]1NC(=O)C(=O)Cc1ccc(Cl)c(F)c1. The van der Waals surface area contributed by atoms with Crippen LogP contribution >= 0.6 is 11.6 Å². The fourth-order valence-electron chi connectivity index (χ4n) is 2.95. The molecule has 2 aromatic carbocycles. The number of carbonyl (C=O) groups is 2. The Labute approximate surface area is 143 Å². The lowest BCUT2D eigenvalue weighted by Gasteiger charge is -2.18. The molecule has 3 N–H and O–H groups in total. The topological polar surface area (TPSA) is 72.2 Å². The first kappa shape index (κ1) is 16.6. The molecule has 0 heterocycles. The van der Waals surface area contributed by atoms with E-state index in [1.807, 2.05) is 24.3 Å². The smallest absolute Gasteiger partial charge is 0.288 e. The standard InChI is InChI=1S/C18H16ClFN2O2/c19-13-6-5-10(7-14(13)20)8-16(23)18(24)22-17-12-4-2-1-3-11(12)9-15(17)21/h1-7,15,17H,8-9,21H2,(H,22,24)/t15-,17-/m0/s1. The van der Waals surface area contributed by atoms with E-state index in [0.29, 0.717) is 12.0 Å². The molecule has 24 heavy (non-hydrogen) atoms. The van der Waals surface area contributed by atoms with Gasteiger partial charge in [0.25, 0.3) is 5.91 Å². The van der Waals surface area contributed by atoms with Crippen LogP contribution < -0.4 is 11.1 Å². The summed E-state index contributed by atoms with van der Waals surface area (Å²) in [5, 5.41) is 2.67. The van der Waals surface area contributed by atoms with Gasteiger partial charge in [0.05, 0.1) is 11.1 Å².